The Kier molecular flexibility index (Phi) is 7.04. The lowest BCUT2D eigenvalue weighted by atomic mass is 10.1. The van der Waals surface area contributed by atoms with Crippen LogP contribution in [0.1, 0.15) is 17.5 Å². The van der Waals surface area contributed by atoms with E-state index in [1.165, 1.54) is 0 Å². The molecule has 0 spiro atoms. The Bertz CT molecular complexity index is 790. The molecule has 0 heterocycles. The summed E-state index contributed by atoms with van der Waals surface area (Å²) in [6, 6.07) is 13.1. The van der Waals surface area contributed by atoms with Crippen molar-refractivity contribution in [3.05, 3.63) is 58.6 Å². The Morgan fingerprint density at radius 2 is 1.88 bits per heavy atom. The SMILES string of the molecule is Cc1ccc(Cl)cc1NCC(=O)Nc1cccc(CCC(=O)N(C)C)c1. The molecule has 0 unspecified atom stereocenters. The topological polar surface area (TPSA) is 61.4 Å². The van der Waals surface area contributed by atoms with Crippen molar-refractivity contribution in [2.45, 2.75) is 19.8 Å². The van der Waals surface area contributed by atoms with E-state index in [-0.39, 0.29) is 18.4 Å². The van der Waals surface area contributed by atoms with Crippen molar-refractivity contribution in [2.75, 3.05) is 31.3 Å². The van der Waals surface area contributed by atoms with Gasteiger partial charge in [0.1, 0.15) is 0 Å². The number of carbonyl (C=O) groups excluding carboxylic acids is 2. The zero-order chi connectivity index (χ0) is 19.1. The average molecular weight is 374 g/mol. The summed E-state index contributed by atoms with van der Waals surface area (Å²) >= 11 is 5.98. The Hall–Kier alpha value is -2.53. The Balaban J connectivity index is 1.89. The molecule has 2 N–H and O–H groups in total. The van der Waals surface area contributed by atoms with Gasteiger partial charge in [-0.05, 0) is 48.7 Å². The lowest BCUT2D eigenvalue weighted by Crippen LogP contribution is -2.22. The van der Waals surface area contributed by atoms with Crippen LogP contribution in [0.4, 0.5) is 11.4 Å². The lowest BCUT2D eigenvalue weighted by Gasteiger charge is -2.12. The third kappa shape index (κ3) is 6.08. The van der Waals surface area contributed by atoms with Crippen LogP contribution in [0.3, 0.4) is 0 Å². The molecule has 0 saturated heterocycles. The van der Waals surface area contributed by atoms with E-state index in [4.69, 9.17) is 11.6 Å². The Morgan fingerprint density at radius 3 is 2.62 bits per heavy atom. The van der Waals surface area contributed by atoms with Gasteiger partial charge in [-0.3, -0.25) is 9.59 Å². The summed E-state index contributed by atoms with van der Waals surface area (Å²) in [6.07, 6.45) is 1.08. The number of hydrogen-bond acceptors (Lipinski definition) is 3. The molecule has 2 aromatic carbocycles. The number of amides is 2. The summed E-state index contributed by atoms with van der Waals surface area (Å²) < 4.78 is 0. The van der Waals surface area contributed by atoms with Gasteiger partial charge in [0.2, 0.25) is 11.8 Å². The first kappa shape index (κ1) is 19.8. The van der Waals surface area contributed by atoms with E-state index < -0.39 is 0 Å². The van der Waals surface area contributed by atoms with E-state index in [0.717, 1.165) is 22.5 Å². The van der Waals surface area contributed by atoms with Gasteiger partial charge < -0.3 is 15.5 Å². The summed E-state index contributed by atoms with van der Waals surface area (Å²) in [5.41, 5.74) is 3.59. The van der Waals surface area contributed by atoms with Crippen LogP contribution in [0.25, 0.3) is 0 Å². The number of nitrogens with zero attached hydrogens (tertiary/aromatic N) is 1. The number of aryl methyl sites for hydroxylation is 2. The predicted molar refractivity (Wildman–Crippen MR) is 107 cm³/mol. The molecule has 6 heteroatoms. The van der Waals surface area contributed by atoms with Crippen LogP contribution in [0, 0.1) is 6.92 Å². The van der Waals surface area contributed by atoms with Crippen molar-refractivity contribution in [3.63, 3.8) is 0 Å². The number of halogens is 1. The van der Waals surface area contributed by atoms with Gasteiger partial charge >= 0.3 is 0 Å². The van der Waals surface area contributed by atoms with Crippen molar-refractivity contribution >= 4 is 34.8 Å². The van der Waals surface area contributed by atoms with Gasteiger partial charge in [0.05, 0.1) is 6.54 Å². The third-order valence-corrected chi connectivity index (χ3v) is 4.21. The molecule has 2 rings (SSSR count). The summed E-state index contributed by atoms with van der Waals surface area (Å²) in [4.78, 5) is 25.4. The number of benzene rings is 2. The molecule has 0 fully saturated rings. The van der Waals surface area contributed by atoms with Gasteiger partial charge in [-0.2, -0.15) is 0 Å². The summed E-state index contributed by atoms with van der Waals surface area (Å²) in [5.74, 6) is -0.0635. The molecule has 5 nitrogen and oxygen atoms in total. The first-order valence-electron chi connectivity index (χ1n) is 8.44. The third-order valence-electron chi connectivity index (χ3n) is 3.98. The fourth-order valence-corrected chi connectivity index (χ4v) is 2.62. The highest BCUT2D eigenvalue weighted by Gasteiger charge is 2.07. The predicted octanol–water partition coefficient (Wildman–Crippen LogP) is 3.72. The zero-order valence-corrected chi connectivity index (χ0v) is 16.1. The van der Waals surface area contributed by atoms with Crippen LogP contribution in [0.15, 0.2) is 42.5 Å². The first-order chi connectivity index (χ1) is 12.3. The van der Waals surface area contributed by atoms with E-state index >= 15 is 0 Å². The summed E-state index contributed by atoms with van der Waals surface area (Å²) in [6.45, 7) is 2.10. The van der Waals surface area contributed by atoms with Crippen LogP contribution in [-0.2, 0) is 16.0 Å². The minimum Gasteiger partial charge on any atom is -0.376 e. The normalized spacial score (nSPS) is 10.3. The second kappa shape index (κ2) is 9.25. The van der Waals surface area contributed by atoms with Gasteiger partial charge in [-0.15, -0.1) is 0 Å². The van der Waals surface area contributed by atoms with Crippen molar-refractivity contribution in [1.82, 2.24) is 4.90 Å². The Labute approximate surface area is 159 Å². The van der Waals surface area contributed by atoms with E-state index in [0.29, 0.717) is 17.9 Å². The van der Waals surface area contributed by atoms with Crippen LogP contribution >= 0.6 is 11.6 Å². The highest BCUT2D eigenvalue weighted by molar-refractivity contribution is 6.30. The van der Waals surface area contributed by atoms with Crippen LogP contribution in [-0.4, -0.2) is 37.4 Å². The van der Waals surface area contributed by atoms with Gasteiger partial charge in [-0.25, -0.2) is 0 Å². The molecule has 0 aliphatic rings. The van der Waals surface area contributed by atoms with Crippen LogP contribution < -0.4 is 10.6 Å². The van der Waals surface area contributed by atoms with Crippen molar-refractivity contribution in [3.8, 4) is 0 Å². The van der Waals surface area contributed by atoms with Gasteiger partial charge in [0.25, 0.3) is 0 Å². The molecular weight excluding hydrogens is 350 g/mol. The molecule has 2 amide bonds. The monoisotopic (exact) mass is 373 g/mol. The fraction of sp³-hybridized carbons (Fsp3) is 0.300. The average Bonchev–Trinajstić information content (AvgIpc) is 2.60. The maximum Gasteiger partial charge on any atom is 0.243 e. The maximum atomic E-state index is 12.2. The van der Waals surface area contributed by atoms with Crippen LogP contribution in [0.5, 0.6) is 0 Å². The molecule has 0 radical (unpaired) electrons. The molecule has 138 valence electrons. The van der Waals surface area contributed by atoms with E-state index in [1.54, 1.807) is 25.1 Å². The highest BCUT2D eigenvalue weighted by Crippen LogP contribution is 2.20. The van der Waals surface area contributed by atoms with Crippen LogP contribution in [0.2, 0.25) is 5.02 Å². The molecule has 0 aliphatic heterocycles. The second-order valence-electron chi connectivity index (χ2n) is 6.35. The minimum atomic E-state index is -0.147. The molecular formula is C20H24ClN3O2. The van der Waals surface area contributed by atoms with E-state index in [1.807, 2.05) is 43.3 Å². The van der Waals surface area contributed by atoms with Gasteiger partial charge in [-0.1, -0.05) is 29.8 Å². The number of rotatable bonds is 7. The number of anilines is 2. The quantitative estimate of drug-likeness (QED) is 0.777. The second-order valence-corrected chi connectivity index (χ2v) is 6.79. The molecule has 0 bridgehead atoms. The van der Waals surface area contributed by atoms with Gasteiger partial charge in [0, 0.05) is 36.9 Å². The van der Waals surface area contributed by atoms with Crippen molar-refractivity contribution < 1.29 is 9.59 Å². The number of hydrogen-bond donors (Lipinski definition) is 2. The molecule has 0 atom stereocenters. The lowest BCUT2D eigenvalue weighted by molar-refractivity contribution is -0.128. The first-order valence-corrected chi connectivity index (χ1v) is 8.82. The number of nitrogens with one attached hydrogen (secondary N) is 2. The molecule has 2 aromatic rings. The zero-order valence-electron chi connectivity index (χ0n) is 15.3. The van der Waals surface area contributed by atoms with E-state index in [2.05, 4.69) is 10.6 Å². The molecule has 0 saturated carbocycles. The minimum absolute atomic E-state index is 0.0838. The molecule has 0 aromatic heterocycles. The van der Waals surface area contributed by atoms with Crippen molar-refractivity contribution in [1.29, 1.82) is 0 Å². The summed E-state index contributed by atoms with van der Waals surface area (Å²) in [7, 11) is 3.49. The molecule has 0 aliphatic carbocycles. The number of carbonyl (C=O) groups is 2. The largest absolute Gasteiger partial charge is 0.376 e. The summed E-state index contributed by atoms with van der Waals surface area (Å²) in [5, 5.41) is 6.59. The fourth-order valence-electron chi connectivity index (χ4n) is 2.44. The standard InChI is InChI=1S/C20H24ClN3O2/c1-14-7-9-16(21)12-18(14)22-13-19(25)23-17-6-4-5-15(11-17)8-10-20(26)24(2)3/h4-7,9,11-12,22H,8,10,13H2,1-3H3,(H,23,25). The molecule has 26 heavy (non-hydrogen) atoms. The highest BCUT2D eigenvalue weighted by atomic mass is 35.5. The van der Waals surface area contributed by atoms with Crippen molar-refractivity contribution in [2.24, 2.45) is 0 Å². The van der Waals surface area contributed by atoms with Gasteiger partial charge in [0.15, 0.2) is 0 Å². The van der Waals surface area contributed by atoms with E-state index in [9.17, 15) is 9.59 Å². The smallest absolute Gasteiger partial charge is 0.243 e. The Morgan fingerprint density at radius 1 is 1.12 bits per heavy atom. The maximum absolute atomic E-state index is 12.2.